The fourth-order valence-electron chi connectivity index (χ4n) is 5.74. The molecule has 3 heterocycles. The molecule has 1 aliphatic carbocycles. The van der Waals surface area contributed by atoms with Gasteiger partial charge in [0.2, 0.25) is 0 Å². The van der Waals surface area contributed by atoms with Crippen LogP contribution in [0.5, 0.6) is 0 Å². The highest BCUT2D eigenvalue weighted by Gasteiger charge is 2.36. The Balaban J connectivity index is 1.47. The molecule has 0 radical (unpaired) electrons. The lowest BCUT2D eigenvalue weighted by molar-refractivity contribution is 0.0527. The number of carbonyl (C=O) groups is 2. The van der Waals surface area contributed by atoms with E-state index in [1.54, 1.807) is 25.1 Å². The summed E-state index contributed by atoms with van der Waals surface area (Å²) in [7, 11) is 0. The van der Waals surface area contributed by atoms with E-state index >= 15 is 0 Å². The second-order valence-corrected chi connectivity index (χ2v) is 11.0. The Morgan fingerprint density at radius 1 is 1.03 bits per heavy atom. The molecule has 0 spiro atoms. The molecular formula is C31H31N3O3S. The first kappa shape index (κ1) is 24.5. The van der Waals surface area contributed by atoms with Gasteiger partial charge in [0.05, 0.1) is 36.1 Å². The summed E-state index contributed by atoms with van der Waals surface area (Å²) in [4.78, 5) is 30.2. The van der Waals surface area contributed by atoms with Gasteiger partial charge in [-0.25, -0.2) is 9.59 Å². The summed E-state index contributed by atoms with van der Waals surface area (Å²) in [6.07, 6.45) is 6.66. The Labute approximate surface area is 226 Å². The van der Waals surface area contributed by atoms with Crippen LogP contribution in [0.3, 0.4) is 0 Å². The molecule has 6 rings (SSSR count). The van der Waals surface area contributed by atoms with Crippen molar-refractivity contribution in [2.45, 2.75) is 52.1 Å². The number of para-hydroxylation sites is 1. The second kappa shape index (κ2) is 10.1. The number of esters is 1. The van der Waals surface area contributed by atoms with E-state index in [9.17, 15) is 9.59 Å². The fraction of sp³-hybridized carbons (Fsp3) is 0.290. The minimum absolute atomic E-state index is 0.246. The summed E-state index contributed by atoms with van der Waals surface area (Å²) in [6, 6.07) is 19.1. The van der Waals surface area contributed by atoms with Crippen LogP contribution in [0.4, 0.5) is 10.5 Å². The Hall–Kier alpha value is -3.84. The van der Waals surface area contributed by atoms with Gasteiger partial charge in [-0.15, -0.1) is 11.3 Å². The first-order valence-electron chi connectivity index (χ1n) is 13.3. The zero-order valence-electron chi connectivity index (χ0n) is 21.7. The van der Waals surface area contributed by atoms with E-state index in [0.29, 0.717) is 17.8 Å². The van der Waals surface area contributed by atoms with Crippen LogP contribution < -0.4 is 5.32 Å². The number of nitrogens with one attached hydrogen (secondary N) is 1. The van der Waals surface area contributed by atoms with Crippen molar-refractivity contribution in [2.75, 3.05) is 11.9 Å². The van der Waals surface area contributed by atoms with Gasteiger partial charge >= 0.3 is 12.0 Å². The maximum absolute atomic E-state index is 14.2. The summed E-state index contributed by atoms with van der Waals surface area (Å²) in [5, 5.41) is 4.29. The quantitative estimate of drug-likeness (QED) is 0.291. The third-order valence-corrected chi connectivity index (χ3v) is 8.80. The topological polar surface area (TPSA) is 63.6 Å². The van der Waals surface area contributed by atoms with Gasteiger partial charge in [0, 0.05) is 16.6 Å². The molecule has 0 saturated carbocycles. The number of benzene rings is 2. The van der Waals surface area contributed by atoms with E-state index in [1.165, 1.54) is 33.8 Å². The maximum atomic E-state index is 14.2. The summed E-state index contributed by atoms with van der Waals surface area (Å²) >= 11 is 1.87. The van der Waals surface area contributed by atoms with Gasteiger partial charge in [-0.1, -0.05) is 42.0 Å². The van der Waals surface area contributed by atoms with E-state index in [4.69, 9.17) is 4.74 Å². The van der Waals surface area contributed by atoms with Crippen molar-refractivity contribution in [3.63, 3.8) is 0 Å². The predicted octanol–water partition coefficient (Wildman–Crippen LogP) is 7.04. The Morgan fingerprint density at radius 3 is 2.71 bits per heavy atom. The number of rotatable bonds is 4. The third-order valence-electron chi connectivity index (χ3n) is 7.46. The van der Waals surface area contributed by atoms with E-state index in [2.05, 4.69) is 53.3 Å². The SMILES string of the molecule is CCOC(=O)c1ccccc1NC(=O)N1Cc2c(sc3c2CCCC3)-n2cccc2[C@H]1c1cccc(C)c1. The molecule has 194 valence electrons. The molecule has 2 aliphatic rings. The molecule has 6 nitrogen and oxygen atoms in total. The van der Waals surface area contributed by atoms with Gasteiger partial charge in [-0.2, -0.15) is 0 Å². The van der Waals surface area contributed by atoms with Crippen LogP contribution in [0.2, 0.25) is 0 Å². The minimum Gasteiger partial charge on any atom is -0.462 e. The number of thiophene rings is 1. The van der Waals surface area contributed by atoms with Gasteiger partial charge in [0.15, 0.2) is 0 Å². The smallest absolute Gasteiger partial charge is 0.340 e. The number of amides is 2. The zero-order chi connectivity index (χ0) is 26.2. The zero-order valence-corrected chi connectivity index (χ0v) is 22.5. The molecule has 1 N–H and O–H groups in total. The third kappa shape index (κ3) is 4.31. The number of aryl methyl sites for hydroxylation is 2. The van der Waals surface area contributed by atoms with Crippen LogP contribution in [-0.4, -0.2) is 28.1 Å². The fourth-order valence-corrected chi connectivity index (χ4v) is 7.15. The van der Waals surface area contributed by atoms with Gasteiger partial charge in [-0.05, 0) is 74.9 Å². The average Bonchev–Trinajstić information content (AvgIpc) is 3.51. The Bertz CT molecular complexity index is 1520. The first-order valence-corrected chi connectivity index (χ1v) is 14.1. The van der Waals surface area contributed by atoms with Crippen LogP contribution in [0, 0.1) is 6.92 Å². The summed E-state index contributed by atoms with van der Waals surface area (Å²) in [5.74, 6) is -0.447. The first-order chi connectivity index (χ1) is 18.5. The molecule has 0 bridgehead atoms. The summed E-state index contributed by atoms with van der Waals surface area (Å²) < 4.78 is 7.53. The number of carbonyl (C=O) groups excluding carboxylic acids is 2. The molecule has 2 aromatic carbocycles. The average molecular weight is 526 g/mol. The number of hydrogen-bond donors (Lipinski definition) is 1. The predicted molar refractivity (Wildman–Crippen MR) is 150 cm³/mol. The maximum Gasteiger partial charge on any atom is 0.340 e. The summed E-state index contributed by atoms with van der Waals surface area (Å²) in [6.45, 7) is 4.62. The van der Waals surface area contributed by atoms with Crippen molar-refractivity contribution < 1.29 is 14.3 Å². The lowest BCUT2D eigenvalue weighted by Gasteiger charge is -2.32. The Kier molecular flexibility index (Phi) is 6.54. The second-order valence-electron chi connectivity index (χ2n) is 9.94. The Morgan fingerprint density at radius 2 is 1.87 bits per heavy atom. The van der Waals surface area contributed by atoms with Crippen LogP contribution >= 0.6 is 11.3 Å². The normalized spacial score (nSPS) is 16.2. The molecule has 1 atom stereocenters. The number of fused-ring (bicyclic) bond motifs is 5. The molecule has 7 heteroatoms. The van der Waals surface area contributed by atoms with Crippen molar-refractivity contribution in [1.82, 2.24) is 9.47 Å². The molecule has 0 saturated heterocycles. The lowest BCUT2D eigenvalue weighted by Crippen LogP contribution is -2.38. The van der Waals surface area contributed by atoms with Gasteiger partial charge < -0.3 is 19.5 Å². The van der Waals surface area contributed by atoms with E-state index in [0.717, 1.165) is 29.7 Å². The standard InChI is InChI=1S/C31H31N3O3S/c1-3-37-30(35)23-13-4-6-14-25(23)32-31(36)34-19-24-22-12-5-7-16-27(22)38-29(24)33-17-9-15-26(33)28(34)21-11-8-10-20(2)18-21/h4,6,8-11,13-15,17-18,28H,3,5,7,12,16,19H2,1-2H3,(H,32,36)/t28-/m1/s1. The highest BCUT2D eigenvalue weighted by atomic mass is 32.1. The highest BCUT2D eigenvalue weighted by molar-refractivity contribution is 7.15. The molecule has 0 fully saturated rings. The monoisotopic (exact) mass is 525 g/mol. The molecule has 4 aromatic rings. The van der Waals surface area contributed by atoms with Crippen LogP contribution in [-0.2, 0) is 24.1 Å². The van der Waals surface area contributed by atoms with E-state index in [-0.39, 0.29) is 18.7 Å². The molecule has 2 amide bonds. The molecule has 38 heavy (non-hydrogen) atoms. The molecular weight excluding hydrogens is 494 g/mol. The number of aromatic nitrogens is 1. The molecule has 1 aliphatic heterocycles. The molecule has 2 aromatic heterocycles. The van der Waals surface area contributed by atoms with Crippen molar-refractivity contribution in [2.24, 2.45) is 0 Å². The van der Waals surface area contributed by atoms with Crippen LogP contribution in [0.1, 0.15) is 69.0 Å². The van der Waals surface area contributed by atoms with Crippen molar-refractivity contribution >= 4 is 29.0 Å². The molecule has 0 unspecified atom stereocenters. The number of anilines is 1. The van der Waals surface area contributed by atoms with Crippen LogP contribution in [0.15, 0.2) is 66.9 Å². The number of nitrogens with zero attached hydrogens (tertiary/aromatic N) is 2. The largest absolute Gasteiger partial charge is 0.462 e. The number of urea groups is 1. The van der Waals surface area contributed by atoms with E-state index in [1.807, 2.05) is 28.4 Å². The van der Waals surface area contributed by atoms with Gasteiger partial charge in [-0.3, -0.25) is 0 Å². The van der Waals surface area contributed by atoms with Gasteiger partial charge in [0.25, 0.3) is 0 Å². The van der Waals surface area contributed by atoms with Crippen LogP contribution in [0.25, 0.3) is 5.00 Å². The summed E-state index contributed by atoms with van der Waals surface area (Å²) in [5.41, 5.74) is 6.71. The minimum atomic E-state index is -0.447. The van der Waals surface area contributed by atoms with Crippen molar-refractivity contribution in [1.29, 1.82) is 0 Å². The van der Waals surface area contributed by atoms with Crippen molar-refractivity contribution in [3.05, 3.63) is 105 Å². The van der Waals surface area contributed by atoms with E-state index < -0.39 is 5.97 Å². The lowest BCUT2D eigenvalue weighted by atomic mass is 9.95. The number of hydrogen-bond acceptors (Lipinski definition) is 4. The number of ether oxygens (including phenoxy) is 1. The van der Waals surface area contributed by atoms with Gasteiger partial charge in [0.1, 0.15) is 5.00 Å². The van der Waals surface area contributed by atoms with Crippen molar-refractivity contribution in [3.8, 4) is 5.00 Å². The highest BCUT2D eigenvalue weighted by Crippen LogP contribution is 2.44.